The van der Waals surface area contributed by atoms with Gasteiger partial charge in [-0.15, -0.1) is 0 Å². The number of aromatic nitrogens is 2. The number of imidazole rings is 1. The second-order valence-corrected chi connectivity index (χ2v) is 9.92. The van der Waals surface area contributed by atoms with E-state index in [0.29, 0.717) is 5.82 Å². The van der Waals surface area contributed by atoms with Crippen molar-refractivity contribution >= 4 is 29.7 Å². The molecule has 10 heteroatoms. The number of aliphatic imine (C=N–C) groups is 1. The van der Waals surface area contributed by atoms with Crippen molar-refractivity contribution < 1.29 is 9.53 Å². The van der Waals surface area contributed by atoms with E-state index in [0.717, 1.165) is 68.0 Å². The third kappa shape index (κ3) is 4.90. The topological polar surface area (TPSA) is 111 Å². The number of carbonyl (C=O) groups excluding carboxylic acids is 1. The predicted molar refractivity (Wildman–Crippen MR) is 141 cm³/mol. The summed E-state index contributed by atoms with van der Waals surface area (Å²) >= 11 is 0. The van der Waals surface area contributed by atoms with Crippen molar-refractivity contribution in [3.05, 3.63) is 59.6 Å². The Hall–Kier alpha value is -3.92. The minimum atomic E-state index is -0.380. The summed E-state index contributed by atoms with van der Waals surface area (Å²) in [6, 6.07) is 4.07. The first-order valence-electron chi connectivity index (χ1n) is 12.1. The van der Waals surface area contributed by atoms with Crippen LogP contribution in [-0.2, 0) is 24.8 Å². The summed E-state index contributed by atoms with van der Waals surface area (Å²) in [7, 11) is 2.02. The van der Waals surface area contributed by atoms with Crippen molar-refractivity contribution in [3.63, 3.8) is 0 Å². The molecule has 3 aliphatic rings. The molecular formula is C26H32N8O2. The van der Waals surface area contributed by atoms with E-state index in [9.17, 15) is 4.79 Å². The highest BCUT2D eigenvalue weighted by Crippen LogP contribution is 2.42. The molecule has 36 heavy (non-hydrogen) atoms. The van der Waals surface area contributed by atoms with E-state index in [2.05, 4.69) is 48.8 Å². The number of fused-ring (bicyclic) bond motifs is 1. The molecule has 0 saturated carbocycles. The van der Waals surface area contributed by atoms with Crippen LogP contribution in [0, 0.1) is 5.41 Å². The standard InChI is InChI=1S/C26H32N8O2/c1-26(2)13-18-11-21(31-25(35)20(14-27)24-29-5-4-6-30-24)22(12-23(18)36-26)34-9-7-33(8-10-34)16-19-15-28-17-32(19)3/h4-6,11-12,14-15,17,27,29H,7-10,13,16H2,1-3H3,(H,31,35)/b24-20-,27-14?. The van der Waals surface area contributed by atoms with Gasteiger partial charge < -0.3 is 30.2 Å². The minimum absolute atomic E-state index is 0.166. The average Bonchev–Trinajstić information content (AvgIpc) is 3.40. The Morgan fingerprint density at radius 1 is 1.28 bits per heavy atom. The third-order valence-electron chi connectivity index (χ3n) is 6.69. The van der Waals surface area contributed by atoms with Gasteiger partial charge in [0, 0.05) is 82.6 Å². The molecule has 5 rings (SSSR count). The van der Waals surface area contributed by atoms with Crippen LogP contribution >= 0.6 is 0 Å². The summed E-state index contributed by atoms with van der Waals surface area (Å²) in [5.74, 6) is 0.828. The van der Waals surface area contributed by atoms with Gasteiger partial charge in [0.05, 0.1) is 29.0 Å². The van der Waals surface area contributed by atoms with Crippen LogP contribution in [0.1, 0.15) is 25.1 Å². The number of allylic oxidation sites excluding steroid dienone is 1. The van der Waals surface area contributed by atoms with Crippen molar-refractivity contribution in [2.24, 2.45) is 12.0 Å². The minimum Gasteiger partial charge on any atom is -0.487 e. The number of carbonyl (C=O) groups is 1. The molecule has 188 valence electrons. The fourth-order valence-electron chi connectivity index (χ4n) is 4.82. The molecule has 1 aromatic carbocycles. The lowest BCUT2D eigenvalue weighted by Crippen LogP contribution is -2.46. The normalized spacial score (nSPS) is 19.9. The number of anilines is 2. The number of benzene rings is 1. The molecule has 3 aliphatic heterocycles. The highest BCUT2D eigenvalue weighted by atomic mass is 16.5. The van der Waals surface area contributed by atoms with Crippen LogP contribution in [0.4, 0.5) is 11.4 Å². The smallest absolute Gasteiger partial charge is 0.261 e. The Labute approximate surface area is 210 Å². The third-order valence-corrected chi connectivity index (χ3v) is 6.69. The molecule has 0 unspecified atom stereocenters. The van der Waals surface area contributed by atoms with Gasteiger partial charge in [-0.25, -0.2) is 9.98 Å². The summed E-state index contributed by atoms with van der Waals surface area (Å²) in [6.45, 7) is 8.41. The number of ether oxygens (including phenoxy) is 1. The van der Waals surface area contributed by atoms with Gasteiger partial charge in [0.2, 0.25) is 0 Å². The van der Waals surface area contributed by atoms with Crippen LogP contribution in [0.15, 0.2) is 53.3 Å². The van der Waals surface area contributed by atoms with E-state index in [1.54, 1.807) is 18.5 Å². The lowest BCUT2D eigenvalue weighted by Gasteiger charge is -2.37. The van der Waals surface area contributed by atoms with Crippen molar-refractivity contribution in [2.75, 3.05) is 36.4 Å². The molecule has 10 nitrogen and oxygen atoms in total. The Morgan fingerprint density at radius 2 is 2.08 bits per heavy atom. The highest BCUT2D eigenvalue weighted by molar-refractivity contribution is 6.18. The first kappa shape index (κ1) is 23.8. The van der Waals surface area contributed by atoms with E-state index in [-0.39, 0.29) is 17.1 Å². The zero-order chi connectivity index (χ0) is 25.3. The molecular weight excluding hydrogens is 456 g/mol. The molecule has 0 bridgehead atoms. The maximum absolute atomic E-state index is 13.2. The molecule has 0 aliphatic carbocycles. The Bertz CT molecular complexity index is 1260. The number of rotatable bonds is 6. The number of nitrogens with one attached hydrogen (secondary N) is 3. The van der Waals surface area contributed by atoms with Crippen LogP contribution in [0.5, 0.6) is 5.75 Å². The fraction of sp³-hybridized carbons (Fsp3) is 0.385. The SMILES string of the molecule is Cn1cncc1CN1CCN(c2cc3c(cc2NC(=O)/C(C=N)=C2\N=CC=CN2)CC(C)(C)O3)CC1. The second kappa shape index (κ2) is 9.62. The van der Waals surface area contributed by atoms with Gasteiger partial charge in [0.25, 0.3) is 5.91 Å². The molecule has 2 aromatic rings. The quantitative estimate of drug-likeness (QED) is 0.426. The largest absolute Gasteiger partial charge is 0.487 e. The molecule has 0 spiro atoms. The van der Waals surface area contributed by atoms with Crippen molar-refractivity contribution in [1.29, 1.82) is 5.41 Å². The molecule has 1 amide bonds. The molecule has 1 aromatic heterocycles. The Balaban J connectivity index is 1.39. The van der Waals surface area contributed by atoms with E-state index in [1.165, 1.54) is 5.69 Å². The summed E-state index contributed by atoms with van der Waals surface area (Å²) in [4.78, 5) is 26.4. The van der Waals surface area contributed by atoms with Crippen LogP contribution < -0.4 is 20.3 Å². The zero-order valence-corrected chi connectivity index (χ0v) is 20.9. The fourth-order valence-corrected chi connectivity index (χ4v) is 4.82. The maximum Gasteiger partial charge on any atom is 0.261 e. The van der Waals surface area contributed by atoms with Gasteiger partial charge in [0.15, 0.2) is 0 Å². The first-order valence-corrected chi connectivity index (χ1v) is 12.1. The van der Waals surface area contributed by atoms with Gasteiger partial charge in [-0.1, -0.05) is 0 Å². The van der Waals surface area contributed by atoms with Crippen LogP contribution in [0.25, 0.3) is 0 Å². The van der Waals surface area contributed by atoms with E-state index >= 15 is 0 Å². The van der Waals surface area contributed by atoms with Crippen molar-refractivity contribution in [3.8, 4) is 5.75 Å². The number of aryl methyl sites for hydroxylation is 1. The molecule has 3 N–H and O–H groups in total. The second-order valence-electron chi connectivity index (χ2n) is 9.92. The van der Waals surface area contributed by atoms with Gasteiger partial charge in [-0.05, 0) is 26.0 Å². The van der Waals surface area contributed by atoms with Crippen LogP contribution in [-0.4, -0.2) is 64.6 Å². The van der Waals surface area contributed by atoms with E-state index in [1.807, 2.05) is 31.7 Å². The average molecular weight is 489 g/mol. The Morgan fingerprint density at radius 3 is 2.75 bits per heavy atom. The van der Waals surface area contributed by atoms with Crippen molar-refractivity contribution in [1.82, 2.24) is 19.8 Å². The highest BCUT2D eigenvalue weighted by Gasteiger charge is 2.32. The Kier molecular flexibility index (Phi) is 6.36. The molecule has 1 fully saturated rings. The molecule has 1 saturated heterocycles. The lowest BCUT2D eigenvalue weighted by molar-refractivity contribution is -0.112. The predicted octanol–water partition coefficient (Wildman–Crippen LogP) is 2.44. The first-order chi connectivity index (χ1) is 17.3. The lowest BCUT2D eigenvalue weighted by atomic mass is 10.0. The van der Waals surface area contributed by atoms with Gasteiger partial charge in [0.1, 0.15) is 17.2 Å². The number of hydrogen-bond donors (Lipinski definition) is 3. The summed E-state index contributed by atoms with van der Waals surface area (Å²) in [6.07, 6.45) is 10.5. The number of amides is 1. The van der Waals surface area contributed by atoms with E-state index in [4.69, 9.17) is 10.1 Å². The van der Waals surface area contributed by atoms with E-state index < -0.39 is 0 Å². The summed E-state index contributed by atoms with van der Waals surface area (Å²) in [5.41, 5.74) is 3.77. The number of nitrogens with zero attached hydrogens (tertiary/aromatic N) is 5. The van der Waals surface area contributed by atoms with Gasteiger partial charge in [-0.3, -0.25) is 9.69 Å². The van der Waals surface area contributed by atoms with Gasteiger partial charge in [-0.2, -0.15) is 0 Å². The molecule has 0 radical (unpaired) electrons. The van der Waals surface area contributed by atoms with Crippen LogP contribution in [0.2, 0.25) is 0 Å². The maximum atomic E-state index is 13.2. The zero-order valence-electron chi connectivity index (χ0n) is 20.9. The molecule has 0 atom stereocenters. The van der Waals surface area contributed by atoms with Gasteiger partial charge >= 0.3 is 0 Å². The summed E-state index contributed by atoms with van der Waals surface area (Å²) in [5, 5.41) is 13.8. The van der Waals surface area contributed by atoms with Crippen LogP contribution in [0.3, 0.4) is 0 Å². The number of hydrogen-bond acceptors (Lipinski definition) is 8. The monoisotopic (exact) mass is 488 g/mol. The summed E-state index contributed by atoms with van der Waals surface area (Å²) < 4.78 is 8.26. The van der Waals surface area contributed by atoms with Crippen molar-refractivity contribution in [2.45, 2.75) is 32.4 Å². The molecule has 4 heterocycles. The number of piperazine rings is 1.